The van der Waals surface area contributed by atoms with Crippen LogP contribution in [0, 0.1) is 5.82 Å². The number of carbonyl (C=O) groups excluding carboxylic acids is 2. The van der Waals surface area contributed by atoms with E-state index < -0.39 is 17.3 Å². The number of rotatable bonds is 3. The predicted octanol–water partition coefficient (Wildman–Crippen LogP) is 3.81. The number of benzene rings is 1. The molecule has 0 saturated carbocycles. The number of amides is 2. The molecule has 0 radical (unpaired) electrons. The van der Waals surface area contributed by atoms with Gasteiger partial charge in [-0.2, -0.15) is 5.10 Å². The van der Waals surface area contributed by atoms with Crippen LogP contribution in [0.25, 0.3) is 10.9 Å². The van der Waals surface area contributed by atoms with Gasteiger partial charge < -0.3 is 19.9 Å². The lowest BCUT2D eigenvalue weighted by Gasteiger charge is -2.41. The second-order valence-electron chi connectivity index (χ2n) is 9.52. The Balaban J connectivity index is 1.39. The molecular weight excluding hydrogens is 439 g/mol. The van der Waals surface area contributed by atoms with Crippen molar-refractivity contribution in [2.24, 2.45) is 7.05 Å². The van der Waals surface area contributed by atoms with Crippen LogP contribution in [0.15, 0.2) is 36.7 Å². The van der Waals surface area contributed by atoms with E-state index in [0.717, 1.165) is 5.69 Å². The summed E-state index contributed by atoms with van der Waals surface area (Å²) in [6, 6.07) is 6.31. The smallest absolute Gasteiger partial charge is 0.410 e. The molecule has 3 heterocycles. The van der Waals surface area contributed by atoms with Gasteiger partial charge in [0.15, 0.2) is 5.82 Å². The highest BCUT2D eigenvalue weighted by Crippen LogP contribution is 2.23. The number of anilines is 2. The molecule has 1 aliphatic heterocycles. The first-order valence-corrected chi connectivity index (χ1v) is 11.1. The Morgan fingerprint density at radius 2 is 1.97 bits per heavy atom. The normalized spacial score (nSPS) is 16.6. The Morgan fingerprint density at radius 3 is 2.62 bits per heavy atom. The molecule has 2 amide bonds. The predicted molar refractivity (Wildman–Crippen MR) is 127 cm³/mol. The summed E-state index contributed by atoms with van der Waals surface area (Å²) in [7, 11) is 1.70. The number of hydrogen-bond donors (Lipinski definition) is 1. The molecule has 0 aliphatic carbocycles. The molecule has 2 aromatic heterocycles. The highest BCUT2D eigenvalue weighted by atomic mass is 19.1. The van der Waals surface area contributed by atoms with Crippen LogP contribution in [0.3, 0.4) is 0 Å². The summed E-state index contributed by atoms with van der Waals surface area (Å²) < 4.78 is 21.3. The zero-order valence-electron chi connectivity index (χ0n) is 20.0. The standard InChI is InChI=1S/C24H29FN6O3/c1-15-13-30(8-9-31(15)23(33)34-24(2,3)4)18-6-7-20(26-12-18)27-22(32)16-10-17-14-29(5)28-21(17)19(25)11-16/h6-7,10-12,14-15H,8-9,13H2,1-5H3,(H,26,27,32)/t15-/m0/s1. The lowest BCUT2D eigenvalue weighted by Crippen LogP contribution is -2.55. The van der Waals surface area contributed by atoms with Gasteiger partial charge in [0.1, 0.15) is 16.9 Å². The molecule has 180 valence electrons. The Hall–Kier alpha value is -3.69. The second-order valence-corrected chi connectivity index (χ2v) is 9.52. The largest absolute Gasteiger partial charge is 0.444 e. The van der Waals surface area contributed by atoms with E-state index in [4.69, 9.17) is 4.74 Å². The van der Waals surface area contributed by atoms with Crippen LogP contribution < -0.4 is 10.2 Å². The van der Waals surface area contributed by atoms with E-state index in [0.29, 0.717) is 30.8 Å². The van der Waals surface area contributed by atoms with Crippen molar-refractivity contribution >= 4 is 34.4 Å². The summed E-state index contributed by atoms with van der Waals surface area (Å²) in [6.45, 7) is 9.36. The second kappa shape index (κ2) is 8.92. The monoisotopic (exact) mass is 468 g/mol. The summed E-state index contributed by atoms with van der Waals surface area (Å²) in [5.74, 6) is -0.642. The van der Waals surface area contributed by atoms with Crippen molar-refractivity contribution in [3.8, 4) is 0 Å². The first-order valence-electron chi connectivity index (χ1n) is 11.1. The van der Waals surface area contributed by atoms with Crippen LogP contribution >= 0.6 is 0 Å². The number of halogens is 1. The van der Waals surface area contributed by atoms with Gasteiger partial charge in [0.25, 0.3) is 5.91 Å². The van der Waals surface area contributed by atoms with Crippen LogP contribution in [0.1, 0.15) is 38.1 Å². The van der Waals surface area contributed by atoms with Crippen LogP contribution in [0.4, 0.5) is 20.7 Å². The maximum Gasteiger partial charge on any atom is 0.410 e. The summed E-state index contributed by atoms with van der Waals surface area (Å²) in [4.78, 5) is 33.3. The number of pyridine rings is 1. The number of aromatic nitrogens is 3. The Labute approximate surface area is 197 Å². The Morgan fingerprint density at radius 1 is 1.21 bits per heavy atom. The zero-order valence-corrected chi connectivity index (χ0v) is 20.0. The highest BCUT2D eigenvalue weighted by Gasteiger charge is 2.31. The van der Waals surface area contributed by atoms with Crippen molar-refractivity contribution in [1.29, 1.82) is 0 Å². The van der Waals surface area contributed by atoms with E-state index in [1.54, 1.807) is 36.5 Å². The molecule has 0 bridgehead atoms. The van der Waals surface area contributed by atoms with Gasteiger partial charge in [-0.25, -0.2) is 14.2 Å². The fraction of sp³-hybridized carbons (Fsp3) is 0.417. The number of hydrogen-bond acceptors (Lipinski definition) is 6. The topological polar surface area (TPSA) is 92.6 Å². The third-order valence-corrected chi connectivity index (χ3v) is 5.55. The molecule has 3 aromatic rings. The molecule has 1 aromatic carbocycles. The Kier molecular flexibility index (Phi) is 6.16. The fourth-order valence-electron chi connectivity index (χ4n) is 3.96. The van der Waals surface area contributed by atoms with E-state index in [1.165, 1.54) is 10.7 Å². The number of nitrogens with one attached hydrogen (secondary N) is 1. The van der Waals surface area contributed by atoms with Crippen molar-refractivity contribution in [1.82, 2.24) is 19.7 Å². The molecule has 0 spiro atoms. The average molecular weight is 469 g/mol. The van der Waals surface area contributed by atoms with Gasteiger partial charge in [-0.3, -0.25) is 9.48 Å². The maximum atomic E-state index is 14.3. The van der Waals surface area contributed by atoms with Crippen molar-refractivity contribution in [3.63, 3.8) is 0 Å². The first-order chi connectivity index (χ1) is 16.0. The number of piperazine rings is 1. The lowest BCUT2D eigenvalue weighted by atomic mass is 10.1. The van der Waals surface area contributed by atoms with Gasteiger partial charge >= 0.3 is 6.09 Å². The molecule has 1 fully saturated rings. The highest BCUT2D eigenvalue weighted by molar-refractivity contribution is 6.05. The minimum Gasteiger partial charge on any atom is -0.444 e. The number of carbonyl (C=O) groups is 2. The van der Waals surface area contributed by atoms with Crippen LogP contribution in [0.2, 0.25) is 0 Å². The summed E-state index contributed by atoms with van der Waals surface area (Å²) in [5, 5.41) is 7.31. The third-order valence-electron chi connectivity index (χ3n) is 5.55. The van der Waals surface area contributed by atoms with Gasteiger partial charge in [0, 0.05) is 49.9 Å². The first kappa shape index (κ1) is 23.5. The van der Waals surface area contributed by atoms with E-state index in [2.05, 4.69) is 20.3 Å². The van der Waals surface area contributed by atoms with Crippen LogP contribution in [-0.2, 0) is 11.8 Å². The number of ether oxygens (including phenoxy) is 1. The zero-order chi connectivity index (χ0) is 24.6. The summed E-state index contributed by atoms with van der Waals surface area (Å²) in [6.07, 6.45) is 3.03. The molecule has 1 atom stereocenters. The average Bonchev–Trinajstić information content (AvgIpc) is 3.13. The molecular formula is C24H29FN6O3. The van der Waals surface area contributed by atoms with E-state index in [1.807, 2.05) is 33.8 Å². The SMILES string of the molecule is C[C@H]1CN(c2ccc(NC(=O)c3cc(F)c4nn(C)cc4c3)nc2)CCN1C(=O)OC(C)(C)C. The summed E-state index contributed by atoms with van der Waals surface area (Å²) >= 11 is 0. The van der Waals surface area contributed by atoms with Crippen LogP contribution in [0.5, 0.6) is 0 Å². The van der Waals surface area contributed by atoms with Gasteiger partial charge in [0.05, 0.1) is 11.9 Å². The van der Waals surface area contributed by atoms with Gasteiger partial charge in [-0.15, -0.1) is 0 Å². The minimum absolute atomic E-state index is 0.0275. The molecule has 1 aliphatic rings. The van der Waals surface area contributed by atoms with Gasteiger partial charge in [0.2, 0.25) is 0 Å². The molecule has 1 N–H and O–H groups in total. The Bertz CT molecular complexity index is 1220. The molecule has 1 saturated heterocycles. The minimum atomic E-state index is -0.550. The molecule has 4 rings (SSSR count). The number of nitrogens with zero attached hydrogens (tertiary/aromatic N) is 5. The van der Waals surface area contributed by atoms with Gasteiger partial charge in [-0.05, 0) is 52.0 Å². The third kappa shape index (κ3) is 5.11. The summed E-state index contributed by atoms with van der Waals surface area (Å²) in [5.41, 5.74) is 0.767. The molecule has 34 heavy (non-hydrogen) atoms. The van der Waals surface area contributed by atoms with Crippen molar-refractivity contribution < 1.29 is 18.7 Å². The van der Waals surface area contributed by atoms with E-state index in [-0.39, 0.29) is 23.2 Å². The van der Waals surface area contributed by atoms with Crippen molar-refractivity contribution in [3.05, 3.63) is 48.0 Å². The van der Waals surface area contributed by atoms with Gasteiger partial charge in [-0.1, -0.05) is 0 Å². The van der Waals surface area contributed by atoms with Crippen LogP contribution in [-0.4, -0.2) is 62.9 Å². The number of aryl methyl sites for hydroxylation is 1. The fourth-order valence-corrected chi connectivity index (χ4v) is 3.96. The lowest BCUT2D eigenvalue weighted by molar-refractivity contribution is 0.0159. The van der Waals surface area contributed by atoms with E-state index >= 15 is 0 Å². The number of fused-ring (bicyclic) bond motifs is 1. The molecule has 10 heteroatoms. The van der Waals surface area contributed by atoms with Crippen molar-refractivity contribution in [2.75, 3.05) is 29.9 Å². The maximum absolute atomic E-state index is 14.3. The quantitative estimate of drug-likeness (QED) is 0.629. The van der Waals surface area contributed by atoms with E-state index in [9.17, 15) is 14.0 Å². The molecule has 0 unspecified atom stereocenters. The van der Waals surface area contributed by atoms with Crippen molar-refractivity contribution in [2.45, 2.75) is 39.3 Å². The molecule has 9 nitrogen and oxygen atoms in total.